The molecule has 7 heteroatoms. The van der Waals surface area contributed by atoms with Crippen LogP contribution in [0.2, 0.25) is 0 Å². The third kappa shape index (κ3) is 5.85. The SMILES string of the molecule is CCCNS(=O)(=O)c1ccc(C=CC(=O)N(CC)CC#N)cc1. The normalized spacial score (nSPS) is 11.3. The van der Waals surface area contributed by atoms with E-state index in [1.165, 1.54) is 23.1 Å². The third-order valence-corrected chi connectivity index (χ3v) is 4.58. The van der Waals surface area contributed by atoms with E-state index in [9.17, 15) is 13.2 Å². The molecule has 0 saturated carbocycles. The molecule has 1 rings (SSSR count). The minimum absolute atomic E-state index is 0.0416. The fraction of sp³-hybridized carbons (Fsp3) is 0.375. The number of hydrogen-bond acceptors (Lipinski definition) is 4. The molecular formula is C16H21N3O3S. The second-order valence-corrected chi connectivity index (χ2v) is 6.58. The molecule has 23 heavy (non-hydrogen) atoms. The number of benzene rings is 1. The van der Waals surface area contributed by atoms with Gasteiger partial charge in [-0.15, -0.1) is 0 Å². The molecule has 1 amide bonds. The zero-order valence-corrected chi connectivity index (χ0v) is 14.1. The van der Waals surface area contributed by atoms with Crippen molar-refractivity contribution < 1.29 is 13.2 Å². The van der Waals surface area contributed by atoms with Crippen LogP contribution in [0.15, 0.2) is 35.2 Å². The molecule has 0 aliphatic carbocycles. The van der Waals surface area contributed by atoms with Gasteiger partial charge in [0.2, 0.25) is 15.9 Å². The summed E-state index contributed by atoms with van der Waals surface area (Å²) in [5.74, 6) is -0.254. The van der Waals surface area contributed by atoms with Gasteiger partial charge in [0, 0.05) is 19.2 Å². The largest absolute Gasteiger partial charge is 0.326 e. The molecule has 0 bridgehead atoms. The molecule has 0 aromatic heterocycles. The van der Waals surface area contributed by atoms with Crippen molar-refractivity contribution in [2.75, 3.05) is 19.6 Å². The van der Waals surface area contributed by atoms with Gasteiger partial charge in [0.1, 0.15) is 6.54 Å². The van der Waals surface area contributed by atoms with Gasteiger partial charge in [-0.2, -0.15) is 5.26 Å². The molecular weight excluding hydrogens is 314 g/mol. The number of nitrogens with one attached hydrogen (secondary N) is 1. The maximum Gasteiger partial charge on any atom is 0.247 e. The van der Waals surface area contributed by atoms with E-state index in [0.29, 0.717) is 18.7 Å². The Morgan fingerprint density at radius 1 is 1.30 bits per heavy atom. The zero-order valence-electron chi connectivity index (χ0n) is 13.3. The van der Waals surface area contributed by atoms with E-state index in [-0.39, 0.29) is 17.3 Å². The molecule has 0 saturated heterocycles. The molecule has 0 atom stereocenters. The molecule has 0 aliphatic rings. The lowest BCUT2D eigenvalue weighted by Gasteiger charge is -2.14. The Morgan fingerprint density at radius 2 is 1.96 bits per heavy atom. The van der Waals surface area contributed by atoms with E-state index in [1.807, 2.05) is 13.0 Å². The number of nitriles is 1. The average Bonchev–Trinajstić information content (AvgIpc) is 2.56. The number of carbonyl (C=O) groups is 1. The highest BCUT2D eigenvalue weighted by Gasteiger charge is 2.12. The molecule has 0 radical (unpaired) electrons. The van der Waals surface area contributed by atoms with E-state index in [1.54, 1.807) is 25.1 Å². The average molecular weight is 335 g/mol. The highest BCUT2D eigenvalue weighted by Crippen LogP contribution is 2.11. The van der Waals surface area contributed by atoms with Crippen LogP contribution in [0.25, 0.3) is 6.08 Å². The van der Waals surface area contributed by atoms with Gasteiger partial charge in [0.05, 0.1) is 11.0 Å². The zero-order chi connectivity index (χ0) is 17.3. The van der Waals surface area contributed by atoms with Crippen molar-refractivity contribution in [3.05, 3.63) is 35.9 Å². The summed E-state index contributed by atoms with van der Waals surface area (Å²) < 4.78 is 26.4. The lowest BCUT2D eigenvalue weighted by atomic mass is 10.2. The minimum Gasteiger partial charge on any atom is -0.326 e. The number of sulfonamides is 1. The number of likely N-dealkylation sites (N-methyl/N-ethyl adjacent to an activating group) is 1. The Kier molecular flexibility index (Phi) is 7.45. The van der Waals surface area contributed by atoms with E-state index in [0.717, 1.165) is 6.42 Å². The minimum atomic E-state index is -3.48. The summed E-state index contributed by atoms with van der Waals surface area (Å²) in [7, 11) is -3.48. The van der Waals surface area contributed by atoms with Crippen molar-refractivity contribution in [1.29, 1.82) is 5.26 Å². The number of rotatable bonds is 8. The van der Waals surface area contributed by atoms with Gasteiger partial charge in [-0.25, -0.2) is 13.1 Å². The Hall–Kier alpha value is -2.17. The third-order valence-electron chi connectivity index (χ3n) is 3.11. The first kappa shape index (κ1) is 18.9. The lowest BCUT2D eigenvalue weighted by Crippen LogP contribution is -2.29. The summed E-state index contributed by atoms with van der Waals surface area (Å²) in [5.41, 5.74) is 0.709. The molecule has 124 valence electrons. The summed E-state index contributed by atoms with van der Waals surface area (Å²) in [5, 5.41) is 8.64. The number of carbonyl (C=O) groups excluding carboxylic acids is 1. The predicted molar refractivity (Wildman–Crippen MR) is 88.8 cm³/mol. The smallest absolute Gasteiger partial charge is 0.247 e. The van der Waals surface area contributed by atoms with Crippen molar-refractivity contribution in [3.8, 4) is 6.07 Å². The number of hydrogen-bond donors (Lipinski definition) is 1. The Morgan fingerprint density at radius 3 is 2.48 bits per heavy atom. The van der Waals surface area contributed by atoms with Crippen molar-refractivity contribution in [1.82, 2.24) is 9.62 Å². The van der Waals surface area contributed by atoms with E-state index in [4.69, 9.17) is 5.26 Å². The first-order valence-corrected chi connectivity index (χ1v) is 8.86. The first-order valence-electron chi connectivity index (χ1n) is 7.38. The van der Waals surface area contributed by atoms with Crippen LogP contribution >= 0.6 is 0 Å². The standard InChI is InChI=1S/C16H21N3O3S/c1-3-12-18-23(21,22)15-8-5-14(6-9-15)7-10-16(20)19(4-2)13-11-17/h5-10,18H,3-4,12-13H2,1-2H3. The van der Waals surface area contributed by atoms with E-state index < -0.39 is 10.0 Å². The summed E-state index contributed by atoms with van der Waals surface area (Å²) >= 11 is 0. The topological polar surface area (TPSA) is 90.3 Å². The van der Waals surface area contributed by atoms with Crippen LogP contribution < -0.4 is 4.72 Å². The van der Waals surface area contributed by atoms with Crippen LogP contribution in [-0.2, 0) is 14.8 Å². The predicted octanol–water partition coefficient (Wildman–Crippen LogP) is 1.76. The van der Waals surface area contributed by atoms with Gasteiger partial charge in [-0.05, 0) is 37.1 Å². The molecule has 0 fully saturated rings. The fourth-order valence-electron chi connectivity index (χ4n) is 1.78. The highest BCUT2D eigenvalue weighted by molar-refractivity contribution is 7.89. The van der Waals surface area contributed by atoms with Gasteiger partial charge in [-0.3, -0.25) is 4.79 Å². The molecule has 6 nitrogen and oxygen atoms in total. The molecule has 0 spiro atoms. The summed E-state index contributed by atoms with van der Waals surface area (Å²) in [6.45, 7) is 4.58. The molecule has 1 N–H and O–H groups in total. The Labute approximate surface area is 137 Å². The maximum atomic E-state index is 11.9. The van der Waals surface area contributed by atoms with Crippen molar-refractivity contribution in [3.63, 3.8) is 0 Å². The van der Waals surface area contributed by atoms with Gasteiger partial charge in [0.25, 0.3) is 0 Å². The summed E-state index contributed by atoms with van der Waals surface area (Å²) in [6.07, 6.45) is 3.69. The highest BCUT2D eigenvalue weighted by atomic mass is 32.2. The molecule has 0 heterocycles. The summed E-state index contributed by atoms with van der Waals surface area (Å²) in [4.78, 5) is 13.5. The molecule has 0 aliphatic heterocycles. The van der Waals surface area contributed by atoms with Crippen LogP contribution in [0.5, 0.6) is 0 Å². The van der Waals surface area contributed by atoms with Crippen LogP contribution in [0, 0.1) is 11.3 Å². The van der Waals surface area contributed by atoms with Crippen molar-refractivity contribution in [2.45, 2.75) is 25.2 Å². The van der Waals surface area contributed by atoms with Crippen LogP contribution in [0.1, 0.15) is 25.8 Å². The first-order chi connectivity index (χ1) is 10.9. The lowest BCUT2D eigenvalue weighted by molar-refractivity contribution is -0.125. The van der Waals surface area contributed by atoms with Gasteiger partial charge in [-0.1, -0.05) is 19.1 Å². The maximum absolute atomic E-state index is 11.9. The second kappa shape index (κ2) is 9.08. The Bertz CT molecular complexity index is 688. The van der Waals surface area contributed by atoms with E-state index >= 15 is 0 Å². The molecule has 0 unspecified atom stereocenters. The van der Waals surface area contributed by atoms with Gasteiger partial charge in [0.15, 0.2) is 0 Å². The van der Waals surface area contributed by atoms with E-state index in [2.05, 4.69) is 4.72 Å². The van der Waals surface area contributed by atoms with Crippen molar-refractivity contribution in [2.24, 2.45) is 0 Å². The summed E-state index contributed by atoms with van der Waals surface area (Å²) in [6, 6.07) is 8.19. The number of amides is 1. The van der Waals surface area contributed by atoms with Gasteiger partial charge >= 0.3 is 0 Å². The monoisotopic (exact) mass is 335 g/mol. The Balaban J connectivity index is 2.80. The second-order valence-electron chi connectivity index (χ2n) is 4.81. The van der Waals surface area contributed by atoms with Crippen LogP contribution in [-0.4, -0.2) is 38.9 Å². The molecule has 1 aromatic rings. The number of nitrogens with zero attached hydrogens (tertiary/aromatic N) is 2. The van der Waals surface area contributed by atoms with Gasteiger partial charge < -0.3 is 4.90 Å². The molecule has 1 aromatic carbocycles. The fourth-order valence-corrected chi connectivity index (χ4v) is 2.92. The van der Waals surface area contributed by atoms with Crippen molar-refractivity contribution >= 4 is 22.0 Å². The quantitative estimate of drug-likeness (QED) is 0.579. The van der Waals surface area contributed by atoms with Crippen LogP contribution in [0.4, 0.5) is 0 Å². The van der Waals surface area contributed by atoms with Crippen LogP contribution in [0.3, 0.4) is 0 Å².